The molecule has 2 N–H and O–H groups in total. The fraction of sp³-hybridized carbons (Fsp3) is 0.417. The van der Waals surface area contributed by atoms with Crippen molar-refractivity contribution in [3.05, 3.63) is 59.2 Å². The number of nitrogens with one attached hydrogen (secondary N) is 2. The minimum atomic E-state index is 0.0622. The second kappa shape index (κ2) is 9.30. The number of methoxy groups -OCH3 is 1. The Kier molecular flexibility index (Phi) is 6.33. The topological polar surface area (TPSA) is 70.7 Å². The molecule has 0 spiro atoms. The molecule has 2 amide bonds. The Hall–Kier alpha value is -2.86. The molecule has 0 saturated carbocycles. The molecule has 0 radical (unpaired) electrons. The summed E-state index contributed by atoms with van der Waals surface area (Å²) in [6, 6.07) is 14.3. The average molecular weight is 408 g/mol. The zero-order valence-electron chi connectivity index (χ0n) is 17.4. The van der Waals surface area contributed by atoms with E-state index in [0.29, 0.717) is 12.8 Å². The van der Waals surface area contributed by atoms with Gasteiger partial charge >= 0.3 is 0 Å². The van der Waals surface area contributed by atoms with Crippen LogP contribution in [0.15, 0.2) is 42.5 Å². The zero-order chi connectivity index (χ0) is 20.9. The molecule has 1 fully saturated rings. The number of anilines is 1. The van der Waals surface area contributed by atoms with Gasteiger partial charge in [-0.25, -0.2) is 0 Å². The zero-order valence-corrected chi connectivity index (χ0v) is 17.4. The number of hydrogen-bond acceptors (Lipinski definition) is 4. The molecule has 2 aromatic carbocycles. The summed E-state index contributed by atoms with van der Waals surface area (Å²) in [5.74, 6) is 0.938. The van der Waals surface area contributed by atoms with Crippen LogP contribution >= 0.6 is 0 Å². The van der Waals surface area contributed by atoms with E-state index in [-0.39, 0.29) is 17.9 Å². The first-order valence-electron chi connectivity index (χ1n) is 10.7. The number of piperidine rings is 1. The van der Waals surface area contributed by atoms with E-state index in [4.69, 9.17) is 4.74 Å². The molecule has 0 bridgehead atoms. The summed E-state index contributed by atoms with van der Waals surface area (Å²) in [7, 11) is 1.63. The Labute approximate surface area is 177 Å². The maximum absolute atomic E-state index is 12.4. The van der Waals surface area contributed by atoms with Crippen LogP contribution < -0.4 is 15.4 Å². The van der Waals surface area contributed by atoms with E-state index in [0.717, 1.165) is 55.9 Å². The van der Waals surface area contributed by atoms with Crippen molar-refractivity contribution in [2.75, 3.05) is 25.5 Å². The lowest BCUT2D eigenvalue weighted by Crippen LogP contribution is -2.44. The summed E-state index contributed by atoms with van der Waals surface area (Å²) in [6.45, 7) is 2.77. The molecule has 0 aromatic heterocycles. The van der Waals surface area contributed by atoms with Crippen molar-refractivity contribution < 1.29 is 14.3 Å². The van der Waals surface area contributed by atoms with Crippen LogP contribution in [0.25, 0.3) is 0 Å². The Morgan fingerprint density at radius 1 is 1.13 bits per heavy atom. The first kappa shape index (κ1) is 20.4. The van der Waals surface area contributed by atoms with Gasteiger partial charge in [0.05, 0.1) is 13.5 Å². The van der Waals surface area contributed by atoms with Crippen LogP contribution in [0, 0.1) is 0 Å². The van der Waals surface area contributed by atoms with Gasteiger partial charge in [-0.15, -0.1) is 0 Å². The molecule has 30 heavy (non-hydrogen) atoms. The number of hydrogen-bond donors (Lipinski definition) is 2. The third kappa shape index (κ3) is 5.19. The van der Waals surface area contributed by atoms with Gasteiger partial charge in [0.2, 0.25) is 11.8 Å². The van der Waals surface area contributed by atoms with Gasteiger partial charge in [-0.1, -0.05) is 24.3 Å². The van der Waals surface area contributed by atoms with Crippen LogP contribution in [0.3, 0.4) is 0 Å². The van der Waals surface area contributed by atoms with E-state index in [1.165, 1.54) is 11.1 Å². The summed E-state index contributed by atoms with van der Waals surface area (Å²) in [4.78, 5) is 26.5. The largest absolute Gasteiger partial charge is 0.497 e. The van der Waals surface area contributed by atoms with Crippen LogP contribution in [0.1, 0.15) is 36.0 Å². The van der Waals surface area contributed by atoms with Crippen LogP contribution in [-0.4, -0.2) is 43.0 Å². The molecule has 0 aliphatic carbocycles. The van der Waals surface area contributed by atoms with Crippen molar-refractivity contribution >= 4 is 17.5 Å². The Balaban J connectivity index is 1.24. The predicted octanol–water partition coefficient (Wildman–Crippen LogP) is 2.90. The number of ether oxygens (including phenoxy) is 1. The van der Waals surface area contributed by atoms with E-state index in [9.17, 15) is 9.59 Å². The summed E-state index contributed by atoms with van der Waals surface area (Å²) >= 11 is 0. The van der Waals surface area contributed by atoms with E-state index < -0.39 is 0 Å². The van der Waals surface area contributed by atoms with Gasteiger partial charge in [0.1, 0.15) is 5.75 Å². The molecule has 2 aliphatic heterocycles. The van der Waals surface area contributed by atoms with Gasteiger partial charge < -0.3 is 15.4 Å². The lowest BCUT2D eigenvalue weighted by Gasteiger charge is -2.32. The SMILES string of the molecule is COc1cccc(CC(=O)NC2CCN(Cc3ccc4c(c3)NC(=O)CC4)CC2)c1. The number of fused-ring (bicyclic) bond motifs is 1. The minimum Gasteiger partial charge on any atom is -0.497 e. The number of aryl methyl sites for hydroxylation is 1. The summed E-state index contributed by atoms with van der Waals surface area (Å²) < 4.78 is 5.23. The van der Waals surface area contributed by atoms with Crippen molar-refractivity contribution in [2.24, 2.45) is 0 Å². The number of rotatable bonds is 6. The van der Waals surface area contributed by atoms with Gasteiger partial charge in [0, 0.05) is 37.8 Å². The maximum atomic E-state index is 12.4. The van der Waals surface area contributed by atoms with Crippen molar-refractivity contribution in [2.45, 2.75) is 44.7 Å². The number of benzene rings is 2. The summed E-state index contributed by atoms with van der Waals surface area (Å²) in [6.07, 6.45) is 3.67. The molecule has 6 nitrogen and oxygen atoms in total. The van der Waals surface area contributed by atoms with Crippen molar-refractivity contribution in [1.29, 1.82) is 0 Å². The predicted molar refractivity (Wildman–Crippen MR) is 117 cm³/mol. The van der Waals surface area contributed by atoms with Gasteiger partial charge in [0.25, 0.3) is 0 Å². The number of carbonyl (C=O) groups is 2. The van der Waals surface area contributed by atoms with Gasteiger partial charge in [-0.3, -0.25) is 14.5 Å². The molecule has 0 atom stereocenters. The fourth-order valence-electron chi connectivity index (χ4n) is 4.26. The van der Waals surface area contributed by atoms with E-state index >= 15 is 0 Å². The third-order valence-corrected chi connectivity index (χ3v) is 5.93. The quantitative estimate of drug-likeness (QED) is 0.773. The minimum absolute atomic E-state index is 0.0622. The molecule has 0 unspecified atom stereocenters. The molecule has 2 heterocycles. The molecular weight excluding hydrogens is 378 g/mol. The lowest BCUT2D eigenvalue weighted by atomic mass is 9.99. The average Bonchev–Trinajstić information content (AvgIpc) is 2.75. The van der Waals surface area contributed by atoms with E-state index in [1.54, 1.807) is 7.11 Å². The maximum Gasteiger partial charge on any atom is 0.224 e. The smallest absolute Gasteiger partial charge is 0.224 e. The molecule has 2 aliphatic rings. The number of likely N-dealkylation sites (tertiary alicyclic amines) is 1. The highest BCUT2D eigenvalue weighted by Gasteiger charge is 2.21. The number of amides is 2. The third-order valence-electron chi connectivity index (χ3n) is 5.93. The van der Waals surface area contributed by atoms with Gasteiger partial charge in [-0.05, 0) is 54.2 Å². The van der Waals surface area contributed by atoms with E-state index in [1.807, 2.05) is 24.3 Å². The first-order valence-corrected chi connectivity index (χ1v) is 10.7. The monoisotopic (exact) mass is 407 g/mol. The van der Waals surface area contributed by atoms with Gasteiger partial charge in [-0.2, -0.15) is 0 Å². The van der Waals surface area contributed by atoms with Crippen molar-refractivity contribution in [3.63, 3.8) is 0 Å². The van der Waals surface area contributed by atoms with Crippen LogP contribution in [0.4, 0.5) is 5.69 Å². The second-order valence-electron chi connectivity index (χ2n) is 8.19. The molecule has 158 valence electrons. The summed E-state index contributed by atoms with van der Waals surface area (Å²) in [5, 5.41) is 6.16. The Morgan fingerprint density at radius 2 is 1.97 bits per heavy atom. The highest BCUT2D eigenvalue weighted by Crippen LogP contribution is 2.25. The molecular formula is C24H29N3O3. The molecule has 4 rings (SSSR count). The standard InChI is InChI=1S/C24H29N3O3/c1-30-21-4-2-3-17(13-21)15-24(29)25-20-9-11-27(12-10-20)16-18-5-6-19-7-8-23(28)26-22(19)14-18/h2-6,13-14,20H,7-12,15-16H2,1H3,(H,25,29)(H,26,28). The molecule has 6 heteroatoms. The van der Waals surface area contributed by atoms with E-state index in [2.05, 4.69) is 33.7 Å². The Morgan fingerprint density at radius 3 is 2.77 bits per heavy atom. The fourth-order valence-corrected chi connectivity index (χ4v) is 4.26. The van der Waals surface area contributed by atoms with Crippen molar-refractivity contribution in [3.8, 4) is 5.75 Å². The number of nitrogens with zero attached hydrogens (tertiary/aromatic N) is 1. The van der Waals surface area contributed by atoms with Crippen LogP contribution in [0.5, 0.6) is 5.75 Å². The van der Waals surface area contributed by atoms with Crippen molar-refractivity contribution in [1.82, 2.24) is 10.2 Å². The second-order valence-corrected chi connectivity index (χ2v) is 8.19. The normalized spacial score (nSPS) is 17.2. The Bertz CT molecular complexity index is 920. The number of carbonyl (C=O) groups excluding carboxylic acids is 2. The first-order chi connectivity index (χ1) is 14.6. The highest BCUT2D eigenvalue weighted by molar-refractivity contribution is 5.93. The van der Waals surface area contributed by atoms with Crippen LogP contribution in [0.2, 0.25) is 0 Å². The lowest BCUT2D eigenvalue weighted by molar-refractivity contribution is -0.121. The van der Waals surface area contributed by atoms with Gasteiger partial charge in [0.15, 0.2) is 0 Å². The highest BCUT2D eigenvalue weighted by atomic mass is 16.5. The molecule has 1 saturated heterocycles. The molecule has 2 aromatic rings. The summed E-state index contributed by atoms with van der Waals surface area (Å²) in [5.41, 5.74) is 4.36. The van der Waals surface area contributed by atoms with Crippen LogP contribution in [-0.2, 0) is 29.0 Å².